The number of hydrogen-bond acceptors (Lipinski definition) is 2. The molecule has 2 aromatic carbocycles. The van der Waals surface area contributed by atoms with Gasteiger partial charge >= 0.3 is 6.03 Å². The van der Waals surface area contributed by atoms with E-state index < -0.39 is 0 Å². The highest BCUT2D eigenvalue weighted by Gasteiger charge is 2.21. The first-order valence-electron chi connectivity index (χ1n) is 5.88. The average Bonchev–Trinajstić information content (AvgIpc) is 2.84. The number of hydrogen-bond donors (Lipinski definition) is 2. The molecule has 2 amide bonds. The van der Waals surface area contributed by atoms with Gasteiger partial charge in [0, 0.05) is 6.54 Å². The Balaban J connectivity index is 1.98. The lowest BCUT2D eigenvalue weighted by atomic mass is 10.0. The highest BCUT2D eigenvalue weighted by atomic mass is 16.5. The molecule has 0 radical (unpaired) electrons. The van der Waals surface area contributed by atoms with E-state index >= 15 is 0 Å². The fourth-order valence-electron chi connectivity index (χ4n) is 2.24. The number of ether oxygens (including phenoxy) is 1. The lowest BCUT2D eigenvalue weighted by Crippen LogP contribution is -2.21. The minimum atomic E-state index is -0.102. The molecule has 0 saturated carbocycles. The Morgan fingerprint density at radius 1 is 1.17 bits per heavy atom. The molecule has 1 fully saturated rings. The van der Waals surface area contributed by atoms with Crippen LogP contribution < -0.4 is 15.4 Å². The number of rotatable bonds is 2. The van der Waals surface area contributed by atoms with Gasteiger partial charge in [0.2, 0.25) is 0 Å². The maximum absolute atomic E-state index is 11.1. The Morgan fingerprint density at radius 3 is 2.67 bits per heavy atom. The van der Waals surface area contributed by atoms with E-state index in [1.54, 1.807) is 7.11 Å². The summed E-state index contributed by atoms with van der Waals surface area (Å²) in [7, 11) is 1.66. The smallest absolute Gasteiger partial charge is 0.315 e. The molecule has 0 aromatic heterocycles. The molecule has 18 heavy (non-hydrogen) atoms. The molecular weight excluding hydrogens is 228 g/mol. The molecule has 1 atom stereocenters. The number of carbonyl (C=O) groups excluding carboxylic acids is 1. The molecule has 1 saturated heterocycles. The predicted molar refractivity (Wildman–Crippen MR) is 69.8 cm³/mol. The second kappa shape index (κ2) is 4.22. The van der Waals surface area contributed by atoms with Gasteiger partial charge in [0.25, 0.3) is 0 Å². The van der Waals surface area contributed by atoms with Crippen LogP contribution in [0.2, 0.25) is 0 Å². The zero-order chi connectivity index (χ0) is 12.5. The largest absolute Gasteiger partial charge is 0.497 e. The van der Waals surface area contributed by atoms with Gasteiger partial charge in [-0.1, -0.05) is 18.2 Å². The SMILES string of the molecule is COc1ccc2cc(C3CNC(=O)N3)ccc2c1. The minimum Gasteiger partial charge on any atom is -0.497 e. The second-order valence-corrected chi connectivity index (χ2v) is 4.38. The van der Waals surface area contributed by atoms with Crippen LogP contribution in [0.4, 0.5) is 4.79 Å². The van der Waals surface area contributed by atoms with Crippen LogP contribution in [0, 0.1) is 0 Å². The van der Waals surface area contributed by atoms with Crippen LogP contribution in [-0.4, -0.2) is 19.7 Å². The number of methoxy groups -OCH3 is 1. The summed E-state index contributed by atoms with van der Waals surface area (Å²) in [5, 5.41) is 7.93. The highest BCUT2D eigenvalue weighted by molar-refractivity contribution is 5.85. The fraction of sp³-hybridized carbons (Fsp3) is 0.214. The molecule has 92 valence electrons. The quantitative estimate of drug-likeness (QED) is 0.848. The summed E-state index contributed by atoms with van der Waals surface area (Å²) in [5.74, 6) is 0.853. The van der Waals surface area contributed by atoms with Crippen molar-refractivity contribution >= 4 is 16.8 Å². The molecule has 1 unspecified atom stereocenters. The van der Waals surface area contributed by atoms with Gasteiger partial charge in [-0.3, -0.25) is 0 Å². The average molecular weight is 242 g/mol. The Morgan fingerprint density at radius 2 is 1.94 bits per heavy atom. The fourth-order valence-corrected chi connectivity index (χ4v) is 2.24. The van der Waals surface area contributed by atoms with E-state index in [0.717, 1.165) is 22.1 Å². The lowest BCUT2D eigenvalue weighted by molar-refractivity contribution is 0.247. The number of nitrogens with one attached hydrogen (secondary N) is 2. The molecule has 2 N–H and O–H groups in total. The van der Waals surface area contributed by atoms with Crippen molar-refractivity contribution < 1.29 is 9.53 Å². The monoisotopic (exact) mass is 242 g/mol. The molecule has 4 nitrogen and oxygen atoms in total. The van der Waals surface area contributed by atoms with Gasteiger partial charge in [-0.2, -0.15) is 0 Å². The lowest BCUT2D eigenvalue weighted by Gasteiger charge is -2.10. The molecule has 1 aliphatic rings. The van der Waals surface area contributed by atoms with E-state index in [9.17, 15) is 4.79 Å². The molecule has 2 aromatic rings. The summed E-state index contributed by atoms with van der Waals surface area (Å²) >= 11 is 0. The molecule has 1 heterocycles. The predicted octanol–water partition coefficient (Wildman–Crippen LogP) is 2.20. The molecule has 0 spiro atoms. The summed E-state index contributed by atoms with van der Waals surface area (Å²) in [4.78, 5) is 11.1. The van der Waals surface area contributed by atoms with Gasteiger partial charge in [0.05, 0.1) is 13.2 Å². The Kier molecular flexibility index (Phi) is 2.55. The number of amides is 2. The zero-order valence-electron chi connectivity index (χ0n) is 10.1. The standard InChI is InChI=1S/C14H14N2O2/c1-18-12-5-4-9-6-11(3-2-10(9)7-12)13-8-15-14(17)16-13/h2-7,13H,8H2,1H3,(H2,15,16,17). The van der Waals surface area contributed by atoms with Crippen molar-refractivity contribution in [2.45, 2.75) is 6.04 Å². The summed E-state index contributed by atoms with van der Waals surface area (Å²) in [5.41, 5.74) is 1.12. The number of benzene rings is 2. The molecular formula is C14H14N2O2. The van der Waals surface area contributed by atoms with Crippen molar-refractivity contribution in [2.24, 2.45) is 0 Å². The third kappa shape index (κ3) is 1.86. The highest BCUT2D eigenvalue weighted by Crippen LogP contribution is 2.25. The van der Waals surface area contributed by atoms with Crippen LogP contribution in [0.5, 0.6) is 5.75 Å². The van der Waals surface area contributed by atoms with Crippen LogP contribution in [-0.2, 0) is 0 Å². The summed E-state index contributed by atoms with van der Waals surface area (Å²) in [6.07, 6.45) is 0. The van der Waals surface area contributed by atoms with Gasteiger partial charge in [-0.25, -0.2) is 4.79 Å². The first-order valence-corrected chi connectivity index (χ1v) is 5.88. The van der Waals surface area contributed by atoms with E-state index in [0.29, 0.717) is 6.54 Å². The maximum atomic E-state index is 11.1. The Labute approximate surface area is 105 Å². The molecule has 0 bridgehead atoms. The van der Waals surface area contributed by atoms with Gasteiger partial charge in [0.1, 0.15) is 5.75 Å². The maximum Gasteiger partial charge on any atom is 0.315 e. The molecule has 1 aliphatic heterocycles. The van der Waals surface area contributed by atoms with Crippen molar-refractivity contribution in [1.29, 1.82) is 0 Å². The first kappa shape index (κ1) is 10.9. The van der Waals surface area contributed by atoms with Gasteiger partial charge in [-0.15, -0.1) is 0 Å². The zero-order valence-corrected chi connectivity index (χ0v) is 10.1. The first-order chi connectivity index (χ1) is 8.76. The van der Waals surface area contributed by atoms with Crippen LogP contribution in [0.1, 0.15) is 11.6 Å². The molecule has 4 heteroatoms. The normalized spacial score (nSPS) is 18.5. The van der Waals surface area contributed by atoms with Crippen molar-refractivity contribution in [3.63, 3.8) is 0 Å². The topological polar surface area (TPSA) is 50.4 Å². The molecule has 0 aliphatic carbocycles. The van der Waals surface area contributed by atoms with E-state index in [4.69, 9.17) is 4.74 Å². The van der Waals surface area contributed by atoms with Crippen molar-refractivity contribution in [3.8, 4) is 5.75 Å². The number of fused-ring (bicyclic) bond motifs is 1. The van der Waals surface area contributed by atoms with Gasteiger partial charge < -0.3 is 15.4 Å². The van der Waals surface area contributed by atoms with Crippen molar-refractivity contribution in [1.82, 2.24) is 10.6 Å². The van der Waals surface area contributed by atoms with Gasteiger partial charge in [0.15, 0.2) is 0 Å². The third-order valence-electron chi connectivity index (χ3n) is 3.25. The van der Waals surface area contributed by atoms with Crippen LogP contribution >= 0.6 is 0 Å². The second-order valence-electron chi connectivity index (χ2n) is 4.38. The van der Waals surface area contributed by atoms with Crippen LogP contribution in [0.15, 0.2) is 36.4 Å². The summed E-state index contributed by atoms with van der Waals surface area (Å²) in [6.45, 7) is 0.639. The Hall–Kier alpha value is -2.23. The van der Waals surface area contributed by atoms with E-state index in [1.165, 1.54) is 0 Å². The third-order valence-corrected chi connectivity index (χ3v) is 3.25. The van der Waals surface area contributed by atoms with Crippen LogP contribution in [0.3, 0.4) is 0 Å². The van der Waals surface area contributed by atoms with Crippen molar-refractivity contribution in [2.75, 3.05) is 13.7 Å². The summed E-state index contributed by atoms with van der Waals surface area (Å²) in [6, 6.07) is 12.1. The molecule has 3 rings (SSSR count). The van der Waals surface area contributed by atoms with E-state index in [-0.39, 0.29) is 12.1 Å². The minimum absolute atomic E-state index is 0.0593. The van der Waals surface area contributed by atoms with Gasteiger partial charge in [-0.05, 0) is 34.5 Å². The van der Waals surface area contributed by atoms with E-state index in [2.05, 4.69) is 22.8 Å². The summed E-state index contributed by atoms with van der Waals surface area (Å²) < 4.78 is 5.20. The Bertz CT molecular complexity index is 610. The van der Waals surface area contributed by atoms with Crippen LogP contribution in [0.25, 0.3) is 10.8 Å². The number of carbonyl (C=O) groups is 1. The van der Waals surface area contributed by atoms with Crippen molar-refractivity contribution in [3.05, 3.63) is 42.0 Å². The number of urea groups is 1. The van der Waals surface area contributed by atoms with E-state index in [1.807, 2.05) is 24.3 Å².